The highest BCUT2D eigenvalue weighted by Gasteiger charge is 2.02. The average molecular weight is 247 g/mol. The topological polar surface area (TPSA) is 78.0 Å². The Hall–Kier alpha value is -1.72. The Labute approximate surface area is 105 Å². The zero-order chi connectivity index (χ0) is 12.8. The Morgan fingerprint density at radius 3 is 2.94 bits per heavy atom. The SMILES string of the molecule is O=c1[nH]c(CNCCCCO)nc2ccccc12. The first-order valence-electron chi connectivity index (χ1n) is 6.11. The first-order chi connectivity index (χ1) is 8.81. The molecule has 0 radical (unpaired) electrons. The summed E-state index contributed by atoms with van der Waals surface area (Å²) < 4.78 is 0. The van der Waals surface area contributed by atoms with Crippen molar-refractivity contribution in [3.63, 3.8) is 0 Å². The van der Waals surface area contributed by atoms with Crippen LogP contribution in [0, 0.1) is 0 Å². The average Bonchev–Trinajstić information content (AvgIpc) is 2.39. The Morgan fingerprint density at radius 1 is 1.28 bits per heavy atom. The van der Waals surface area contributed by atoms with Crippen molar-refractivity contribution >= 4 is 10.9 Å². The van der Waals surface area contributed by atoms with Crippen LogP contribution in [0.4, 0.5) is 0 Å². The van der Waals surface area contributed by atoms with Crippen LogP contribution in [0.3, 0.4) is 0 Å². The van der Waals surface area contributed by atoms with Crippen molar-refractivity contribution in [2.45, 2.75) is 19.4 Å². The van der Waals surface area contributed by atoms with E-state index in [0.717, 1.165) is 19.4 Å². The number of aliphatic hydroxyl groups excluding tert-OH is 1. The molecule has 0 saturated carbocycles. The van der Waals surface area contributed by atoms with Crippen LogP contribution in [0.25, 0.3) is 10.9 Å². The Balaban J connectivity index is 2.03. The molecule has 0 aliphatic rings. The lowest BCUT2D eigenvalue weighted by Gasteiger charge is -2.04. The van der Waals surface area contributed by atoms with E-state index >= 15 is 0 Å². The lowest BCUT2D eigenvalue weighted by Crippen LogP contribution is -2.20. The molecule has 18 heavy (non-hydrogen) atoms. The van der Waals surface area contributed by atoms with Gasteiger partial charge in [0.25, 0.3) is 5.56 Å². The van der Waals surface area contributed by atoms with Crippen LogP contribution in [0.15, 0.2) is 29.1 Å². The summed E-state index contributed by atoms with van der Waals surface area (Å²) in [5.74, 6) is 0.641. The molecule has 0 saturated heterocycles. The molecule has 96 valence electrons. The molecule has 0 aliphatic carbocycles. The summed E-state index contributed by atoms with van der Waals surface area (Å²) in [6.07, 6.45) is 1.70. The van der Waals surface area contributed by atoms with Gasteiger partial charge in [0.05, 0.1) is 17.4 Å². The van der Waals surface area contributed by atoms with Crippen molar-refractivity contribution in [3.05, 3.63) is 40.4 Å². The predicted molar refractivity (Wildman–Crippen MR) is 70.4 cm³/mol. The van der Waals surface area contributed by atoms with E-state index in [9.17, 15) is 4.79 Å². The van der Waals surface area contributed by atoms with Crippen LogP contribution in [0.2, 0.25) is 0 Å². The molecule has 2 rings (SSSR count). The largest absolute Gasteiger partial charge is 0.396 e. The summed E-state index contributed by atoms with van der Waals surface area (Å²) in [6, 6.07) is 7.29. The van der Waals surface area contributed by atoms with Gasteiger partial charge in [-0.2, -0.15) is 0 Å². The van der Waals surface area contributed by atoms with Crippen molar-refractivity contribution in [2.75, 3.05) is 13.2 Å². The summed E-state index contributed by atoms with van der Waals surface area (Å²) in [7, 11) is 0. The van der Waals surface area contributed by atoms with E-state index in [1.807, 2.05) is 18.2 Å². The Bertz CT molecular complexity index is 565. The summed E-state index contributed by atoms with van der Waals surface area (Å²) >= 11 is 0. The summed E-state index contributed by atoms with van der Waals surface area (Å²) in [5.41, 5.74) is 0.612. The molecule has 0 fully saturated rings. The zero-order valence-electron chi connectivity index (χ0n) is 10.1. The number of para-hydroxylation sites is 1. The fraction of sp³-hybridized carbons (Fsp3) is 0.385. The van der Waals surface area contributed by atoms with Crippen molar-refractivity contribution in [2.24, 2.45) is 0 Å². The van der Waals surface area contributed by atoms with Gasteiger partial charge in [-0.3, -0.25) is 4.79 Å². The van der Waals surface area contributed by atoms with Gasteiger partial charge in [0.1, 0.15) is 5.82 Å². The molecule has 1 heterocycles. The van der Waals surface area contributed by atoms with Gasteiger partial charge < -0.3 is 15.4 Å². The van der Waals surface area contributed by atoms with Crippen LogP contribution in [0.1, 0.15) is 18.7 Å². The predicted octanol–water partition coefficient (Wildman–Crippen LogP) is 0.785. The highest BCUT2D eigenvalue weighted by Crippen LogP contribution is 2.05. The van der Waals surface area contributed by atoms with E-state index in [2.05, 4.69) is 15.3 Å². The van der Waals surface area contributed by atoms with Gasteiger partial charge in [-0.05, 0) is 31.5 Å². The maximum atomic E-state index is 11.8. The van der Waals surface area contributed by atoms with Crippen molar-refractivity contribution in [1.29, 1.82) is 0 Å². The molecule has 2 aromatic rings. The number of nitrogens with one attached hydrogen (secondary N) is 2. The minimum Gasteiger partial charge on any atom is -0.396 e. The molecule has 0 amide bonds. The smallest absolute Gasteiger partial charge is 0.258 e. The van der Waals surface area contributed by atoms with Crippen molar-refractivity contribution < 1.29 is 5.11 Å². The number of rotatable bonds is 6. The first-order valence-corrected chi connectivity index (χ1v) is 6.11. The second-order valence-electron chi connectivity index (χ2n) is 4.14. The standard InChI is InChI=1S/C13H17N3O2/c17-8-4-3-7-14-9-12-15-11-6-2-1-5-10(11)13(18)16-12/h1-2,5-6,14,17H,3-4,7-9H2,(H,15,16,18). The third-order valence-corrected chi connectivity index (χ3v) is 2.72. The van der Waals surface area contributed by atoms with E-state index in [0.29, 0.717) is 23.3 Å². The molecular formula is C13H17N3O2. The molecule has 5 heteroatoms. The number of H-pyrrole nitrogens is 1. The maximum absolute atomic E-state index is 11.8. The van der Waals surface area contributed by atoms with E-state index in [4.69, 9.17) is 5.11 Å². The number of aliphatic hydroxyl groups is 1. The number of hydrogen-bond donors (Lipinski definition) is 3. The van der Waals surface area contributed by atoms with Gasteiger partial charge in [-0.1, -0.05) is 12.1 Å². The van der Waals surface area contributed by atoms with Crippen LogP contribution in [-0.4, -0.2) is 28.2 Å². The summed E-state index contributed by atoms with van der Waals surface area (Å²) in [5, 5.41) is 12.4. The van der Waals surface area contributed by atoms with E-state index < -0.39 is 0 Å². The summed E-state index contributed by atoms with van der Waals surface area (Å²) in [4.78, 5) is 18.9. The Morgan fingerprint density at radius 2 is 2.11 bits per heavy atom. The molecule has 1 aromatic heterocycles. The molecule has 0 unspecified atom stereocenters. The van der Waals surface area contributed by atoms with E-state index in [-0.39, 0.29) is 12.2 Å². The molecule has 0 bridgehead atoms. The number of unbranched alkanes of at least 4 members (excludes halogenated alkanes) is 1. The van der Waals surface area contributed by atoms with Crippen LogP contribution >= 0.6 is 0 Å². The number of benzene rings is 1. The maximum Gasteiger partial charge on any atom is 0.258 e. The van der Waals surface area contributed by atoms with Crippen molar-refractivity contribution in [3.8, 4) is 0 Å². The normalized spacial score (nSPS) is 10.9. The molecule has 5 nitrogen and oxygen atoms in total. The Kier molecular flexibility index (Phi) is 4.44. The molecule has 0 atom stereocenters. The number of aromatic amines is 1. The van der Waals surface area contributed by atoms with E-state index in [1.165, 1.54) is 0 Å². The van der Waals surface area contributed by atoms with Gasteiger partial charge in [0.15, 0.2) is 0 Å². The monoisotopic (exact) mass is 247 g/mol. The second-order valence-corrected chi connectivity index (χ2v) is 4.14. The molecular weight excluding hydrogens is 230 g/mol. The van der Waals surface area contributed by atoms with Gasteiger partial charge in [0.2, 0.25) is 0 Å². The molecule has 0 spiro atoms. The highest BCUT2D eigenvalue weighted by molar-refractivity contribution is 5.77. The fourth-order valence-electron chi connectivity index (χ4n) is 1.79. The lowest BCUT2D eigenvalue weighted by atomic mass is 10.2. The number of nitrogens with zero attached hydrogens (tertiary/aromatic N) is 1. The van der Waals surface area contributed by atoms with Gasteiger partial charge in [-0.15, -0.1) is 0 Å². The van der Waals surface area contributed by atoms with Crippen LogP contribution in [-0.2, 0) is 6.54 Å². The van der Waals surface area contributed by atoms with Crippen molar-refractivity contribution in [1.82, 2.24) is 15.3 Å². The number of aromatic nitrogens is 2. The minimum absolute atomic E-state index is 0.104. The van der Waals surface area contributed by atoms with Gasteiger partial charge in [0, 0.05) is 6.61 Å². The van der Waals surface area contributed by atoms with Gasteiger partial charge >= 0.3 is 0 Å². The van der Waals surface area contributed by atoms with Crippen LogP contribution in [0.5, 0.6) is 0 Å². The minimum atomic E-state index is -0.104. The summed E-state index contributed by atoms with van der Waals surface area (Å²) in [6.45, 7) is 1.55. The number of fused-ring (bicyclic) bond motifs is 1. The third-order valence-electron chi connectivity index (χ3n) is 2.72. The zero-order valence-corrected chi connectivity index (χ0v) is 10.1. The lowest BCUT2D eigenvalue weighted by molar-refractivity contribution is 0.283. The fourth-order valence-corrected chi connectivity index (χ4v) is 1.79. The first kappa shape index (κ1) is 12.7. The second kappa shape index (κ2) is 6.28. The highest BCUT2D eigenvalue weighted by atomic mass is 16.2. The molecule has 3 N–H and O–H groups in total. The molecule has 1 aromatic carbocycles. The van der Waals surface area contributed by atoms with Gasteiger partial charge in [-0.25, -0.2) is 4.98 Å². The van der Waals surface area contributed by atoms with Crippen LogP contribution < -0.4 is 10.9 Å². The number of hydrogen-bond acceptors (Lipinski definition) is 4. The van der Waals surface area contributed by atoms with E-state index in [1.54, 1.807) is 6.07 Å². The third kappa shape index (κ3) is 3.15. The quantitative estimate of drug-likeness (QED) is 0.659. The molecule has 0 aliphatic heterocycles.